The Hall–Kier alpha value is -1.45. The summed E-state index contributed by atoms with van der Waals surface area (Å²) < 4.78 is 0. The van der Waals surface area contributed by atoms with Crippen LogP contribution in [0.4, 0.5) is 0 Å². The molecule has 0 saturated carbocycles. The standard InChI is InChI=1S/C18H25N3/c1-5-21-7-6-17-16(11-21)15(10-19-4)14-8-12(2)13(3)9-18(14)20-17/h8-9,19H,5-7,10-11H2,1-4H3. The predicted octanol–water partition coefficient (Wildman–Crippen LogP) is 2.95. The first kappa shape index (κ1) is 14.5. The zero-order valence-electron chi connectivity index (χ0n) is 13.6. The number of nitrogens with one attached hydrogen (secondary N) is 1. The number of aromatic nitrogens is 1. The van der Waals surface area contributed by atoms with Gasteiger partial charge in [0.1, 0.15) is 0 Å². The number of benzene rings is 1. The summed E-state index contributed by atoms with van der Waals surface area (Å²) in [4.78, 5) is 7.48. The zero-order valence-corrected chi connectivity index (χ0v) is 13.6. The Morgan fingerprint density at radius 3 is 2.71 bits per heavy atom. The largest absolute Gasteiger partial charge is 0.316 e. The Morgan fingerprint density at radius 2 is 2.00 bits per heavy atom. The summed E-state index contributed by atoms with van der Waals surface area (Å²) in [5, 5.41) is 4.67. The van der Waals surface area contributed by atoms with E-state index in [0.29, 0.717) is 0 Å². The number of likely N-dealkylation sites (N-methyl/N-ethyl adjacent to an activating group) is 1. The van der Waals surface area contributed by atoms with Crippen LogP contribution in [-0.2, 0) is 19.5 Å². The van der Waals surface area contributed by atoms with Crippen molar-refractivity contribution in [2.45, 2.75) is 40.3 Å². The van der Waals surface area contributed by atoms with Crippen LogP contribution in [0.1, 0.15) is 34.9 Å². The maximum absolute atomic E-state index is 4.97. The van der Waals surface area contributed by atoms with Crippen molar-refractivity contribution < 1.29 is 0 Å². The molecule has 0 fully saturated rings. The molecule has 1 aromatic heterocycles. The number of nitrogens with zero attached hydrogens (tertiary/aromatic N) is 2. The van der Waals surface area contributed by atoms with Crippen molar-refractivity contribution in [1.29, 1.82) is 0 Å². The second-order valence-electron chi connectivity index (χ2n) is 6.12. The van der Waals surface area contributed by atoms with Gasteiger partial charge in [-0.1, -0.05) is 6.92 Å². The molecular weight excluding hydrogens is 258 g/mol. The number of hydrogen-bond donors (Lipinski definition) is 1. The van der Waals surface area contributed by atoms with Gasteiger partial charge in [-0.2, -0.15) is 0 Å². The molecule has 0 spiro atoms. The van der Waals surface area contributed by atoms with Gasteiger partial charge >= 0.3 is 0 Å². The summed E-state index contributed by atoms with van der Waals surface area (Å²) in [6.45, 7) is 10.8. The number of fused-ring (bicyclic) bond motifs is 2. The van der Waals surface area contributed by atoms with Crippen molar-refractivity contribution in [3.05, 3.63) is 40.1 Å². The Morgan fingerprint density at radius 1 is 1.24 bits per heavy atom. The second kappa shape index (κ2) is 5.74. The van der Waals surface area contributed by atoms with Crippen molar-refractivity contribution in [2.24, 2.45) is 0 Å². The van der Waals surface area contributed by atoms with E-state index in [1.807, 2.05) is 7.05 Å². The van der Waals surface area contributed by atoms with E-state index < -0.39 is 0 Å². The fourth-order valence-corrected chi connectivity index (χ4v) is 3.29. The molecule has 1 aliphatic heterocycles. The normalized spacial score (nSPS) is 15.4. The van der Waals surface area contributed by atoms with Gasteiger partial charge in [0, 0.05) is 37.1 Å². The van der Waals surface area contributed by atoms with Crippen molar-refractivity contribution in [2.75, 3.05) is 20.1 Å². The molecule has 0 atom stereocenters. The van der Waals surface area contributed by atoms with E-state index in [0.717, 1.165) is 38.1 Å². The zero-order chi connectivity index (χ0) is 15.0. The third kappa shape index (κ3) is 2.56. The maximum Gasteiger partial charge on any atom is 0.0711 e. The minimum absolute atomic E-state index is 0.918. The van der Waals surface area contributed by atoms with Crippen LogP contribution in [0, 0.1) is 13.8 Å². The lowest BCUT2D eigenvalue weighted by molar-refractivity contribution is 0.265. The molecule has 0 aliphatic carbocycles. The molecule has 1 aliphatic rings. The van der Waals surface area contributed by atoms with Crippen molar-refractivity contribution in [1.82, 2.24) is 15.2 Å². The summed E-state index contributed by atoms with van der Waals surface area (Å²) >= 11 is 0. The monoisotopic (exact) mass is 283 g/mol. The van der Waals surface area contributed by atoms with Crippen LogP contribution in [0.5, 0.6) is 0 Å². The quantitative estimate of drug-likeness (QED) is 0.938. The van der Waals surface area contributed by atoms with Crippen LogP contribution >= 0.6 is 0 Å². The first-order valence-corrected chi connectivity index (χ1v) is 7.92. The van der Waals surface area contributed by atoms with E-state index in [4.69, 9.17) is 4.98 Å². The lowest BCUT2D eigenvalue weighted by atomic mass is 9.94. The molecule has 2 heterocycles. The highest BCUT2D eigenvalue weighted by Gasteiger charge is 2.21. The molecule has 0 unspecified atom stereocenters. The first-order valence-electron chi connectivity index (χ1n) is 7.92. The SMILES string of the molecule is CCN1CCc2nc3cc(C)c(C)cc3c(CNC)c2C1. The Kier molecular flexibility index (Phi) is 3.96. The molecule has 0 saturated heterocycles. The Balaban J connectivity index is 2.24. The molecule has 0 bridgehead atoms. The number of pyridine rings is 1. The van der Waals surface area contributed by atoms with Gasteiger partial charge in [-0.25, -0.2) is 0 Å². The summed E-state index contributed by atoms with van der Waals surface area (Å²) in [5.74, 6) is 0. The first-order chi connectivity index (χ1) is 10.1. The highest BCUT2D eigenvalue weighted by Crippen LogP contribution is 2.29. The average Bonchev–Trinajstić information content (AvgIpc) is 2.49. The molecule has 0 radical (unpaired) electrons. The van der Waals surface area contributed by atoms with Gasteiger partial charge in [0.2, 0.25) is 0 Å². The molecule has 3 heteroatoms. The molecule has 1 aromatic carbocycles. The highest BCUT2D eigenvalue weighted by molar-refractivity contribution is 5.85. The maximum atomic E-state index is 4.97. The smallest absolute Gasteiger partial charge is 0.0711 e. The van der Waals surface area contributed by atoms with Crippen molar-refractivity contribution >= 4 is 10.9 Å². The van der Waals surface area contributed by atoms with Crippen molar-refractivity contribution in [3.63, 3.8) is 0 Å². The molecular formula is C18H25N3. The Labute approximate surface area is 127 Å². The highest BCUT2D eigenvalue weighted by atomic mass is 15.1. The van der Waals surface area contributed by atoms with Crippen LogP contribution < -0.4 is 5.32 Å². The molecule has 112 valence electrons. The molecule has 1 N–H and O–H groups in total. The third-order valence-corrected chi connectivity index (χ3v) is 4.75. The lowest BCUT2D eigenvalue weighted by Gasteiger charge is -2.29. The summed E-state index contributed by atoms with van der Waals surface area (Å²) in [5.41, 5.74) is 8.04. The number of aryl methyl sites for hydroxylation is 2. The minimum atomic E-state index is 0.918. The lowest BCUT2D eigenvalue weighted by Crippen LogP contribution is -2.32. The van der Waals surface area contributed by atoms with Gasteiger partial charge in [-0.15, -0.1) is 0 Å². The predicted molar refractivity (Wildman–Crippen MR) is 88.6 cm³/mol. The molecule has 2 aromatic rings. The number of rotatable bonds is 3. The van der Waals surface area contributed by atoms with E-state index in [1.165, 1.54) is 33.3 Å². The van der Waals surface area contributed by atoms with E-state index in [1.54, 1.807) is 0 Å². The van der Waals surface area contributed by atoms with Crippen LogP contribution in [0.25, 0.3) is 10.9 Å². The average molecular weight is 283 g/mol. The van der Waals surface area contributed by atoms with E-state index in [9.17, 15) is 0 Å². The minimum Gasteiger partial charge on any atom is -0.316 e. The van der Waals surface area contributed by atoms with Crippen LogP contribution in [0.3, 0.4) is 0 Å². The molecule has 21 heavy (non-hydrogen) atoms. The van der Waals surface area contributed by atoms with Gasteiger partial charge in [0.15, 0.2) is 0 Å². The van der Waals surface area contributed by atoms with E-state index in [2.05, 4.69) is 43.1 Å². The van der Waals surface area contributed by atoms with E-state index in [-0.39, 0.29) is 0 Å². The van der Waals surface area contributed by atoms with Gasteiger partial charge in [-0.05, 0) is 61.8 Å². The molecule has 3 rings (SSSR count). The molecule has 3 nitrogen and oxygen atoms in total. The van der Waals surface area contributed by atoms with Gasteiger partial charge in [0.25, 0.3) is 0 Å². The van der Waals surface area contributed by atoms with E-state index >= 15 is 0 Å². The Bertz CT molecular complexity index is 676. The fourth-order valence-electron chi connectivity index (χ4n) is 3.29. The summed E-state index contributed by atoms with van der Waals surface area (Å²) in [6, 6.07) is 4.56. The van der Waals surface area contributed by atoms with Crippen molar-refractivity contribution in [3.8, 4) is 0 Å². The molecule has 0 amide bonds. The fraction of sp³-hybridized carbons (Fsp3) is 0.500. The van der Waals surface area contributed by atoms with Gasteiger partial charge in [0.05, 0.1) is 5.52 Å². The summed E-state index contributed by atoms with van der Waals surface area (Å²) in [6.07, 6.45) is 1.07. The van der Waals surface area contributed by atoms with Gasteiger partial charge in [-0.3, -0.25) is 9.88 Å². The third-order valence-electron chi connectivity index (χ3n) is 4.75. The number of hydrogen-bond acceptors (Lipinski definition) is 3. The van der Waals surface area contributed by atoms with Crippen LogP contribution in [0.2, 0.25) is 0 Å². The van der Waals surface area contributed by atoms with Crippen LogP contribution in [0.15, 0.2) is 12.1 Å². The topological polar surface area (TPSA) is 28.2 Å². The van der Waals surface area contributed by atoms with Gasteiger partial charge < -0.3 is 5.32 Å². The summed E-state index contributed by atoms with van der Waals surface area (Å²) in [7, 11) is 2.03. The second-order valence-corrected chi connectivity index (χ2v) is 6.12. The van der Waals surface area contributed by atoms with Crippen LogP contribution in [-0.4, -0.2) is 30.0 Å².